The lowest BCUT2D eigenvalue weighted by Gasteiger charge is -2.31. The highest BCUT2D eigenvalue weighted by molar-refractivity contribution is 5.97. The van der Waals surface area contributed by atoms with Crippen LogP contribution in [0.15, 0.2) is 29.1 Å². The van der Waals surface area contributed by atoms with Crippen LogP contribution in [0, 0.1) is 0 Å². The molecule has 1 amide bonds. The van der Waals surface area contributed by atoms with Gasteiger partial charge in [-0.05, 0) is 30.7 Å². The second kappa shape index (κ2) is 9.21. The summed E-state index contributed by atoms with van der Waals surface area (Å²) in [5.41, 5.74) is 6.70. The lowest BCUT2D eigenvalue weighted by atomic mass is 10.1. The van der Waals surface area contributed by atoms with Crippen LogP contribution in [0.5, 0.6) is 0 Å². The van der Waals surface area contributed by atoms with Crippen molar-refractivity contribution in [1.82, 2.24) is 15.3 Å². The number of amides is 1. The molecule has 0 fully saturated rings. The van der Waals surface area contributed by atoms with Gasteiger partial charge in [-0.1, -0.05) is 0 Å². The Hall–Kier alpha value is -4.42. The Kier molecular flexibility index (Phi) is 6.17. The molecule has 0 spiro atoms. The van der Waals surface area contributed by atoms with Gasteiger partial charge in [0.05, 0.1) is 13.1 Å². The van der Waals surface area contributed by atoms with Gasteiger partial charge in [0, 0.05) is 18.4 Å². The number of hydrogen-bond acceptors (Lipinski definition) is 8. The summed E-state index contributed by atoms with van der Waals surface area (Å²) in [5, 5.41) is 23.5. The van der Waals surface area contributed by atoms with Gasteiger partial charge < -0.3 is 26.6 Å². The van der Waals surface area contributed by atoms with E-state index >= 15 is 0 Å². The number of hydrogen-bond donors (Lipinski definition) is 6. The number of carboxylic acids is 2. The molecule has 34 heavy (non-hydrogen) atoms. The van der Waals surface area contributed by atoms with Gasteiger partial charge in [-0.3, -0.25) is 19.4 Å². The van der Waals surface area contributed by atoms with Gasteiger partial charge in [0.15, 0.2) is 5.82 Å². The van der Waals surface area contributed by atoms with Crippen molar-refractivity contribution in [2.24, 2.45) is 0 Å². The van der Waals surface area contributed by atoms with Crippen LogP contribution in [0.25, 0.3) is 0 Å². The first-order valence-electron chi connectivity index (χ1n) is 10.6. The number of nitrogens with two attached hydrogens (primary N) is 1. The van der Waals surface area contributed by atoms with Gasteiger partial charge in [0.1, 0.15) is 17.8 Å². The van der Waals surface area contributed by atoms with E-state index in [0.717, 1.165) is 12.1 Å². The number of nitrogens with one attached hydrogen (secondary N) is 3. The van der Waals surface area contributed by atoms with E-state index in [9.17, 15) is 24.3 Å². The van der Waals surface area contributed by atoms with Gasteiger partial charge in [0.25, 0.3) is 5.91 Å². The zero-order valence-electron chi connectivity index (χ0n) is 18.0. The maximum absolute atomic E-state index is 12.5. The number of carbonyl (C=O) groups excluding carboxylic acids is 1. The van der Waals surface area contributed by atoms with Crippen LogP contribution >= 0.6 is 0 Å². The molecule has 0 saturated heterocycles. The number of H-pyrrole nitrogens is 1. The molecule has 2 atom stereocenters. The largest absolute Gasteiger partial charge is 0.481 e. The molecule has 2 aliphatic heterocycles. The molecule has 1 aromatic heterocycles. The maximum atomic E-state index is 12.5. The molecule has 0 radical (unpaired) electrons. The van der Waals surface area contributed by atoms with Crippen molar-refractivity contribution >= 4 is 47.3 Å². The Morgan fingerprint density at radius 2 is 2.00 bits per heavy atom. The monoisotopic (exact) mass is 470 g/mol. The number of benzene rings is 1. The summed E-state index contributed by atoms with van der Waals surface area (Å²) >= 11 is 0. The van der Waals surface area contributed by atoms with Crippen molar-refractivity contribution in [1.29, 1.82) is 0 Å². The number of carboxylic acid groups (broad SMARTS) is 2. The highest BCUT2D eigenvalue weighted by Gasteiger charge is 2.36. The fourth-order valence-corrected chi connectivity index (χ4v) is 4.00. The smallest absolute Gasteiger partial charge is 0.326 e. The lowest BCUT2D eigenvalue weighted by Crippen LogP contribution is -2.47. The van der Waals surface area contributed by atoms with E-state index in [2.05, 4.69) is 20.6 Å². The van der Waals surface area contributed by atoms with Crippen LogP contribution in [0.3, 0.4) is 0 Å². The first kappa shape index (κ1) is 22.8. The van der Waals surface area contributed by atoms with Gasteiger partial charge >= 0.3 is 17.5 Å². The number of anilines is 3. The number of carbonyl (C=O) groups is 3. The Bertz CT molecular complexity index is 1220. The number of aromatic amines is 1. The molecule has 178 valence electrons. The zero-order chi connectivity index (χ0) is 24.4. The molecule has 7 N–H and O–H groups in total. The highest BCUT2D eigenvalue weighted by atomic mass is 16.4. The summed E-state index contributed by atoms with van der Waals surface area (Å²) < 4.78 is 1.86. The second-order valence-corrected chi connectivity index (χ2v) is 8.03. The molecular weight excluding hydrogens is 446 g/mol. The fraction of sp³-hybridized carbons (Fsp3) is 0.333. The van der Waals surface area contributed by atoms with E-state index in [1.54, 1.807) is 24.3 Å². The minimum atomic E-state index is -1.30. The van der Waals surface area contributed by atoms with Crippen molar-refractivity contribution in [3.63, 3.8) is 0 Å². The third-order valence-corrected chi connectivity index (χ3v) is 5.75. The summed E-state index contributed by atoms with van der Waals surface area (Å²) in [6.07, 6.45) is 1.99. The Labute approximate surface area is 192 Å². The maximum Gasteiger partial charge on any atom is 0.326 e. The second-order valence-electron chi connectivity index (χ2n) is 8.03. The van der Waals surface area contributed by atoms with Gasteiger partial charge in [-0.2, -0.15) is 4.98 Å². The van der Waals surface area contributed by atoms with Crippen molar-refractivity contribution < 1.29 is 29.2 Å². The molecule has 2 aliphatic rings. The van der Waals surface area contributed by atoms with E-state index in [0.29, 0.717) is 24.6 Å². The molecule has 13 nitrogen and oxygen atoms in total. The van der Waals surface area contributed by atoms with E-state index in [-0.39, 0.29) is 36.0 Å². The molecular formula is C21H24N7O6+. The van der Waals surface area contributed by atoms with Crippen molar-refractivity contribution in [2.75, 3.05) is 29.0 Å². The van der Waals surface area contributed by atoms with E-state index < -0.39 is 23.9 Å². The van der Waals surface area contributed by atoms with Crippen molar-refractivity contribution in [3.8, 4) is 0 Å². The Morgan fingerprint density at radius 1 is 1.26 bits per heavy atom. The number of nitrogen functional groups attached to an aromatic ring is 1. The third kappa shape index (κ3) is 4.67. The lowest BCUT2D eigenvalue weighted by molar-refractivity contribution is -0.485. The summed E-state index contributed by atoms with van der Waals surface area (Å²) in [6.45, 7) is 1.29. The molecule has 0 aliphatic carbocycles. The fourth-order valence-electron chi connectivity index (χ4n) is 4.00. The summed E-state index contributed by atoms with van der Waals surface area (Å²) in [4.78, 5) is 55.6. The first-order valence-corrected chi connectivity index (χ1v) is 10.6. The van der Waals surface area contributed by atoms with Crippen LogP contribution in [0.4, 0.5) is 23.1 Å². The first-order chi connectivity index (χ1) is 16.2. The van der Waals surface area contributed by atoms with Crippen LogP contribution in [0.1, 0.15) is 29.6 Å². The number of fused-ring (bicyclic) bond motifs is 3. The topological polar surface area (TPSA) is 194 Å². The Morgan fingerprint density at radius 3 is 2.68 bits per heavy atom. The van der Waals surface area contributed by atoms with Crippen molar-refractivity contribution in [3.05, 3.63) is 40.2 Å². The molecule has 0 saturated carbocycles. The summed E-state index contributed by atoms with van der Waals surface area (Å²) in [7, 11) is 0. The highest BCUT2D eigenvalue weighted by Crippen LogP contribution is 2.28. The third-order valence-electron chi connectivity index (χ3n) is 5.75. The van der Waals surface area contributed by atoms with Gasteiger partial charge in [0.2, 0.25) is 18.0 Å². The summed E-state index contributed by atoms with van der Waals surface area (Å²) in [6, 6.07) is 5.31. The molecule has 2 unspecified atom stereocenters. The summed E-state index contributed by atoms with van der Waals surface area (Å²) in [5.74, 6) is -2.60. The van der Waals surface area contributed by atoms with E-state index in [1.165, 1.54) is 0 Å². The molecule has 2 aromatic rings. The van der Waals surface area contributed by atoms with Gasteiger partial charge in [-0.15, -0.1) is 0 Å². The molecule has 1 aromatic carbocycles. The van der Waals surface area contributed by atoms with E-state index in [1.807, 2.05) is 15.8 Å². The average molecular weight is 470 g/mol. The molecule has 3 heterocycles. The minimum Gasteiger partial charge on any atom is -0.481 e. The van der Waals surface area contributed by atoms with Crippen molar-refractivity contribution in [2.45, 2.75) is 31.3 Å². The van der Waals surface area contributed by atoms with Crippen LogP contribution in [-0.2, 0) is 9.59 Å². The predicted octanol–water partition coefficient (Wildman–Crippen LogP) is -0.223. The SMILES string of the molecule is Nc1nc2c(c(=O)[nH]1)[N+]1=CN(c3ccc(C(=O)NC(CCC(=O)O)C(=O)O)cc3)CCC1CN2. The number of aromatic nitrogens is 2. The molecule has 4 rings (SSSR count). The predicted molar refractivity (Wildman–Crippen MR) is 122 cm³/mol. The average Bonchev–Trinajstić information content (AvgIpc) is 2.80. The van der Waals surface area contributed by atoms with Crippen LogP contribution in [-0.4, -0.2) is 74.1 Å². The molecule has 0 bridgehead atoms. The molecule has 13 heteroatoms. The van der Waals surface area contributed by atoms with E-state index in [4.69, 9.17) is 10.8 Å². The van der Waals surface area contributed by atoms with Crippen LogP contribution in [0.2, 0.25) is 0 Å². The van der Waals surface area contributed by atoms with Crippen LogP contribution < -0.4 is 26.8 Å². The number of nitrogens with zero attached hydrogens (tertiary/aromatic N) is 3. The zero-order valence-corrected chi connectivity index (χ0v) is 18.0. The number of aliphatic carboxylic acids is 2. The quantitative estimate of drug-likeness (QED) is 0.294. The van der Waals surface area contributed by atoms with Gasteiger partial charge in [-0.25, -0.2) is 14.3 Å². The normalized spacial score (nSPS) is 17.5. The minimum absolute atomic E-state index is 0.0329. The number of rotatable bonds is 7. The Balaban J connectivity index is 1.52. The standard InChI is InChI=1S/C21H23N7O6/c22-21-25-17-16(19(32)26-21)28-10-27(8-7-13(28)9-23-17)12-3-1-11(2-4-12)18(31)24-14(20(33)34)5-6-15(29)30/h1-4,10,13-14H,5-9H2,(H6-,22,23,24,25,26,29,30,31,32,33,34)/p+1.